The molecule has 0 atom stereocenters. The number of halogens is 7. The van der Waals surface area contributed by atoms with Crippen LogP contribution in [-0.4, -0.2) is 20.4 Å². The van der Waals surface area contributed by atoms with Gasteiger partial charge in [0.25, 0.3) is 5.56 Å². The van der Waals surface area contributed by atoms with Crippen molar-refractivity contribution in [2.24, 2.45) is 0 Å². The molecule has 0 saturated heterocycles. The summed E-state index contributed by atoms with van der Waals surface area (Å²) in [6.45, 7) is 7.11. The Morgan fingerprint density at radius 2 is 0.917 bits per heavy atom. The second-order valence-electron chi connectivity index (χ2n) is 10.9. The highest BCUT2D eigenvalue weighted by molar-refractivity contribution is 6.32. The highest BCUT2D eigenvalue weighted by Gasteiger charge is 2.24. The monoisotopic (exact) mass is 678 g/mol. The number of nitrogens with one attached hydrogen (secondary N) is 1. The van der Waals surface area contributed by atoms with E-state index in [0.717, 1.165) is 11.1 Å². The second-order valence-corrected chi connectivity index (χ2v) is 11.3. The standard InChI is InChI=1S/C18H12ClF3N2.C18H13F3N2O/c1-9-3-5-11(6-4-9)15-10(2)23-24-18(19)17(15)16-13(21)7-12(20)8-14(16)22;1-9-3-5-11(6-4-9)15-10(2)22-23-18(24)17(15)16-13(20)7-12(19)8-14(16)21/h3-8H,1-2H3;3-8H,1-2H3,(H,23,24). The van der Waals surface area contributed by atoms with Gasteiger partial charge in [0, 0.05) is 41.0 Å². The van der Waals surface area contributed by atoms with Crippen LogP contribution in [0.4, 0.5) is 26.3 Å². The molecule has 1 N–H and O–H groups in total. The molecule has 0 unspecified atom stereocenters. The van der Waals surface area contributed by atoms with E-state index in [1.165, 1.54) is 0 Å². The predicted octanol–water partition coefficient (Wildman–Crippen LogP) is 9.64. The fourth-order valence-electron chi connectivity index (χ4n) is 5.22. The van der Waals surface area contributed by atoms with E-state index in [1.54, 1.807) is 38.1 Å². The van der Waals surface area contributed by atoms with Crippen LogP contribution >= 0.6 is 11.6 Å². The largest absolute Gasteiger partial charge is 0.272 e. The summed E-state index contributed by atoms with van der Waals surface area (Å²) in [5.74, 6) is -6.42. The van der Waals surface area contributed by atoms with Crippen molar-refractivity contribution in [2.45, 2.75) is 27.7 Å². The zero-order valence-electron chi connectivity index (χ0n) is 25.8. The number of hydrogen-bond acceptors (Lipinski definition) is 4. The lowest BCUT2D eigenvalue weighted by Gasteiger charge is -2.15. The Morgan fingerprint density at radius 1 is 0.521 bits per heavy atom. The Kier molecular flexibility index (Phi) is 9.81. The van der Waals surface area contributed by atoms with Gasteiger partial charge < -0.3 is 0 Å². The summed E-state index contributed by atoms with van der Waals surface area (Å²) in [5, 5.41) is 13.6. The average Bonchev–Trinajstić information content (AvgIpc) is 3.01. The van der Waals surface area contributed by atoms with Gasteiger partial charge in [-0.3, -0.25) is 4.79 Å². The van der Waals surface area contributed by atoms with Gasteiger partial charge in [0.05, 0.1) is 28.1 Å². The van der Waals surface area contributed by atoms with Gasteiger partial charge in [0.2, 0.25) is 0 Å². The topological polar surface area (TPSA) is 71.5 Å². The van der Waals surface area contributed by atoms with Crippen molar-refractivity contribution in [1.29, 1.82) is 0 Å². The van der Waals surface area contributed by atoms with Crippen LogP contribution in [0.5, 0.6) is 0 Å². The predicted molar refractivity (Wildman–Crippen MR) is 172 cm³/mol. The lowest BCUT2D eigenvalue weighted by atomic mass is 9.93. The first-order chi connectivity index (χ1) is 22.8. The van der Waals surface area contributed by atoms with Gasteiger partial charge >= 0.3 is 0 Å². The van der Waals surface area contributed by atoms with Crippen molar-refractivity contribution in [2.75, 3.05) is 0 Å². The smallest absolute Gasteiger partial charge is 0.267 e. The fraction of sp³-hybridized carbons (Fsp3) is 0.111. The fourth-order valence-corrected chi connectivity index (χ4v) is 5.45. The van der Waals surface area contributed by atoms with E-state index in [-0.39, 0.29) is 16.3 Å². The number of H-pyrrole nitrogens is 1. The molecule has 48 heavy (non-hydrogen) atoms. The van der Waals surface area contributed by atoms with Crippen molar-refractivity contribution in [1.82, 2.24) is 20.4 Å². The maximum absolute atomic E-state index is 14.3. The van der Waals surface area contributed by atoms with Crippen molar-refractivity contribution in [3.63, 3.8) is 0 Å². The van der Waals surface area contributed by atoms with E-state index >= 15 is 0 Å². The number of aryl methyl sites for hydroxylation is 4. The summed E-state index contributed by atoms with van der Waals surface area (Å²) in [6.07, 6.45) is 0. The Hall–Kier alpha value is -5.29. The molecule has 0 fully saturated rings. The third-order valence-corrected chi connectivity index (χ3v) is 7.73. The van der Waals surface area contributed by atoms with E-state index in [9.17, 15) is 31.1 Å². The van der Waals surface area contributed by atoms with Crippen LogP contribution < -0.4 is 5.56 Å². The number of benzene rings is 4. The third-order valence-electron chi connectivity index (χ3n) is 7.46. The molecule has 0 amide bonds. The van der Waals surface area contributed by atoms with E-state index in [0.29, 0.717) is 57.9 Å². The third kappa shape index (κ3) is 6.86. The average molecular weight is 679 g/mol. The summed E-state index contributed by atoms with van der Waals surface area (Å²) in [6, 6.07) is 16.8. The summed E-state index contributed by atoms with van der Waals surface area (Å²) >= 11 is 6.10. The Morgan fingerprint density at radius 3 is 1.35 bits per heavy atom. The van der Waals surface area contributed by atoms with Crippen molar-refractivity contribution >= 4 is 11.6 Å². The Labute approximate surface area is 275 Å². The molecule has 0 radical (unpaired) electrons. The van der Waals surface area contributed by atoms with Gasteiger partial charge in [-0.15, -0.1) is 5.10 Å². The van der Waals surface area contributed by atoms with Gasteiger partial charge in [-0.25, -0.2) is 31.4 Å². The first kappa shape index (κ1) is 34.1. The quantitative estimate of drug-likeness (QED) is 0.189. The van der Waals surface area contributed by atoms with Crippen LogP contribution in [0.2, 0.25) is 5.15 Å². The molecule has 12 heteroatoms. The minimum atomic E-state index is -1.14. The summed E-state index contributed by atoms with van der Waals surface area (Å²) in [4.78, 5) is 12.3. The summed E-state index contributed by atoms with van der Waals surface area (Å²) < 4.78 is 83.4. The molecule has 2 heterocycles. The van der Waals surface area contributed by atoms with Crippen LogP contribution in [0.25, 0.3) is 44.5 Å². The molecule has 2 aromatic heterocycles. The maximum Gasteiger partial charge on any atom is 0.272 e. The number of aromatic nitrogens is 4. The van der Waals surface area contributed by atoms with Crippen LogP contribution in [0.15, 0.2) is 77.6 Å². The molecular weight excluding hydrogens is 654 g/mol. The lowest BCUT2D eigenvalue weighted by Crippen LogP contribution is -2.16. The summed E-state index contributed by atoms with van der Waals surface area (Å²) in [7, 11) is 0. The van der Waals surface area contributed by atoms with Gasteiger partial charge in [0.15, 0.2) is 5.15 Å². The minimum Gasteiger partial charge on any atom is -0.267 e. The minimum absolute atomic E-state index is 0.0584. The van der Waals surface area contributed by atoms with E-state index in [1.807, 2.05) is 38.1 Å². The van der Waals surface area contributed by atoms with E-state index in [4.69, 9.17) is 11.6 Å². The molecule has 4 aromatic carbocycles. The van der Waals surface area contributed by atoms with Crippen molar-refractivity contribution < 1.29 is 26.3 Å². The molecule has 6 aromatic rings. The normalized spacial score (nSPS) is 10.9. The zero-order valence-corrected chi connectivity index (χ0v) is 26.6. The van der Waals surface area contributed by atoms with Crippen LogP contribution in [-0.2, 0) is 0 Å². The van der Waals surface area contributed by atoms with Crippen molar-refractivity contribution in [3.8, 4) is 44.5 Å². The number of hydrogen-bond donors (Lipinski definition) is 1. The molecule has 0 bridgehead atoms. The van der Waals surface area contributed by atoms with E-state index in [2.05, 4.69) is 20.4 Å². The molecule has 5 nitrogen and oxygen atoms in total. The molecule has 0 aliphatic rings. The van der Waals surface area contributed by atoms with Crippen LogP contribution in [0.1, 0.15) is 22.5 Å². The number of aromatic amines is 1. The molecule has 6 rings (SSSR count). The van der Waals surface area contributed by atoms with Crippen molar-refractivity contribution in [3.05, 3.63) is 146 Å². The Bertz CT molecular complexity index is 2180. The first-order valence-electron chi connectivity index (χ1n) is 14.3. The molecule has 0 spiro atoms. The Balaban J connectivity index is 0.000000188. The molecule has 244 valence electrons. The highest BCUT2D eigenvalue weighted by Crippen LogP contribution is 2.40. The van der Waals surface area contributed by atoms with Crippen LogP contribution in [0.3, 0.4) is 0 Å². The SMILES string of the molecule is Cc1ccc(-c2c(C)n[nH]c(=O)c2-c2c(F)cc(F)cc2F)cc1.Cc1ccc(-c2c(C)nnc(Cl)c2-c2c(F)cc(F)cc2F)cc1. The molecule has 0 saturated carbocycles. The van der Waals surface area contributed by atoms with Gasteiger partial charge in [-0.2, -0.15) is 10.2 Å². The van der Waals surface area contributed by atoms with Gasteiger partial charge in [0.1, 0.15) is 34.9 Å². The number of nitrogens with zero attached hydrogens (tertiary/aromatic N) is 3. The van der Waals surface area contributed by atoms with Gasteiger partial charge in [-0.1, -0.05) is 71.3 Å². The molecule has 0 aliphatic carbocycles. The maximum atomic E-state index is 14.3. The van der Waals surface area contributed by atoms with E-state index < -0.39 is 51.6 Å². The van der Waals surface area contributed by atoms with Gasteiger partial charge in [-0.05, 0) is 38.8 Å². The zero-order chi connectivity index (χ0) is 34.9. The highest BCUT2D eigenvalue weighted by atomic mass is 35.5. The lowest BCUT2D eigenvalue weighted by molar-refractivity contribution is 0.546. The first-order valence-corrected chi connectivity index (χ1v) is 14.7. The molecule has 0 aliphatic heterocycles. The molecular formula is C36H25ClF6N4O. The second kappa shape index (κ2) is 13.8. The number of rotatable bonds is 4. The van der Waals surface area contributed by atoms with Crippen LogP contribution in [0, 0.1) is 62.6 Å². The summed E-state index contributed by atoms with van der Waals surface area (Å²) in [5.41, 5.74) is 3.04.